The van der Waals surface area contributed by atoms with E-state index < -0.39 is 5.69 Å². The number of ether oxygens (including phenoxy) is 1. The largest absolute Gasteiger partial charge is 0.458 e. The molecule has 0 aromatic carbocycles. The Morgan fingerprint density at radius 3 is 3.18 bits per heavy atom. The number of nitrogens with one attached hydrogen (secondary N) is 1. The molecule has 2 aromatic rings. The zero-order valence-corrected chi connectivity index (χ0v) is 9.21. The fourth-order valence-electron chi connectivity index (χ4n) is 1.25. The highest BCUT2D eigenvalue weighted by atomic mass is 16.5. The van der Waals surface area contributed by atoms with Crippen LogP contribution >= 0.6 is 0 Å². The molecule has 2 aromatic heterocycles. The summed E-state index contributed by atoms with van der Waals surface area (Å²) >= 11 is 0. The minimum Gasteiger partial charge on any atom is -0.458 e. The standard InChI is InChI=1S/C11H11N3O3/c1-16-7-9-3-2-8(17-9)6-13-10-4-5-12-11(15)14-10/h2-6H,7H2,1H3,(H,12,14,15). The Kier molecular flexibility index (Phi) is 3.46. The third kappa shape index (κ3) is 3.12. The van der Waals surface area contributed by atoms with Crippen molar-refractivity contribution in [2.75, 3.05) is 7.11 Å². The monoisotopic (exact) mass is 233 g/mol. The molecule has 0 spiro atoms. The molecule has 0 radical (unpaired) electrons. The van der Waals surface area contributed by atoms with Gasteiger partial charge in [0.15, 0.2) is 0 Å². The molecule has 0 fully saturated rings. The Bertz CT molecular complexity index is 571. The molecule has 17 heavy (non-hydrogen) atoms. The van der Waals surface area contributed by atoms with Crippen LogP contribution in [0.1, 0.15) is 11.5 Å². The minimum atomic E-state index is -0.431. The summed E-state index contributed by atoms with van der Waals surface area (Å²) in [5.74, 6) is 1.74. The number of nitrogens with zero attached hydrogens (tertiary/aromatic N) is 2. The number of hydrogen-bond donors (Lipinski definition) is 1. The minimum absolute atomic E-state index is 0.417. The van der Waals surface area contributed by atoms with Gasteiger partial charge in [-0.3, -0.25) is 4.98 Å². The number of aliphatic imine (C=N–C) groups is 1. The van der Waals surface area contributed by atoms with Gasteiger partial charge in [-0.25, -0.2) is 14.8 Å². The van der Waals surface area contributed by atoms with E-state index in [2.05, 4.69) is 15.0 Å². The maximum Gasteiger partial charge on any atom is 0.346 e. The molecule has 0 saturated heterocycles. The van der Waals surface area contributed by atoms with Crippen molar-refractivity contribution in [3.63, 3.8) is 0 Å². The van der Waals surface area contributed by atoms with E-state index in [0.717, 1.165) is 5.76 Å². The summed E-state index contributed by atoms with van der Waals surface area (Å²) in [6, 6.07) is 5.17. The number of H-pyrrole nitrogens is 1. The molecule has 6 heteroatoms. The lowest BCUT2D eigenvalue weighted by Gasteiger charge is -1.92. The molecule has 0 amide bonds. The second-order valence-electron chi connectivity index (χ2n) is 3.26. The van der Waals surface area contributed by atoms with Crippen LogP contribution in [0.3, 0.4) is 0 Å². The molecule has 0 saturated carbocycles. The molecule has 0 unspecified atom stereocenters. The van der Waals surface area contributed by atoms with Crippen LogP contribution in [-0.4, -0.2) is 23.3 Å². The highest BCUT2D eigenvalue weighted by molar-refractivity contribution is 5.78. The summed E-state index contributed by atoms with van der Waals surface area (Å²) in [6.45, 7) is 0.417. The van der Waals surface area contributed by atoms with Crippen LogP contribution < -0.4 is 5.69 Å². The highest BCUT2D eigenvalue weighted by Crippen LogP contribution is 2.08. The first kappa shape index (κ1) is 11.3. The molecule has 6 nitrogen and oxygen atoms in total. The molecule has 88 valence electrons. The topological polar surface area (TPSA) is 80.5 Å². The fourth-order valence-corrected chi connectivity index (χ4v) is 1.25. The second-order valence-corrected chi connectivity index (χ2v) is 3.26. The Morgan fingerprint density at radius 1 is 1.53 bits per heavy atom. The van der Waals surface area contributed by atoms with Gasteiger partial charge in [-0.05, 0) is 18.2 Å². The van der Waals surface area contributed by atoms with Crippen LogP contribution in [0, 0.1) is 0 Å². The Labute approximate surface area is 97.0 Å². The van der Waals surface area contributed by atoms with Gasteiger partial charge in [-0.1, -0.05) is 0 Å². The second kappa shape index (κ2) is 5.22. The van der Waals surface area contributed by atoms with Gasteiger partial charge in [0.1, 0.15) is 23.9 Å². The predicted molar refractivity (Wildman–Crippen MR) is 61.5 cm³/mol. The van der Waals surface area contributed by atoms with Crippen LogP contribution in [0.15, 0.2) is 38.6 Å². The van der Waals surface area contributed by atoms with Crippen LogP contribution in [0.2, 0.25) is 0 Å². The van der Waals surface area contributed by atoms with Gasteiger partial charge in [0.05, 0.1) is 6.21 Å². The van der Waals surface area contributed by atoms with Gasteiger partial charge in [-0.15, -0.1) is 0 Å². The summed E-state index contributed by atoms with van der Waals surface area (Å²) < 4.78 is 10.3. The van der Waals surface area contributed by atoms with E-state index in [-0.39, 0.29) is 0 Å². The number of hydrogen-bond acceptors (Lipinski definition) is 5. The summed E-state index contributed by atoms with van der Waals surface area (Å²) in [5, 5.41) is 0. The Hall–Kier alpha value is -2.21. The number of furan rings is 1. The molecular weight excluding hydrogens is 222 g/mol. The number of aromatic amines is 1. The smallest absolute Gasteiger partial charge is 0.346 e. The van der Waals surface area contributed by atoms with Crippen LogP contribution in [0.5, 0.6) is 0 Å². The van der Waals surface area contributed by atoms with Gasteiger partial charge in [0.2, 0.25) is 0 Å². The van der Waals surface area contributed by atoms with E-state index >= 15 is 0 Å². The molecule has 0 bridgehead atoms. The lowest BCUT2D eigenvalue weighted by Crippen LogP contribution is -2.07. The lowest BCUT2D eigenvalue weighted by atomic mass is 10.4. The van der Waals surface area contributed by atoms with Gasteiger partial charge in [-0.2, -0.15) is 0 Å². The zero-order valence-electron chi connectivity index (χ0n) is 9.21. The van der Waals surface area contributed by atoms with E-state index in [1.54, 1.807) is 25.3 Å². The molecule has 0 atom stereocenters. The van der Waals surface area contributed by atoms with Crippen molar-refractivity contribution >= 4 is 12.0 Å². The summed E-state index contributed by atoms with van der Waals surface area (Å²) in [5.41, 5.74) is -0.431. The average Bonchev–Trinajstić information content (AvgIpc) is 2.75. The van der Waals surface area contributed by atoms with Crippen molar-refractivity contribution in [3.05, 3.63) is 46.4 Å². The Balaban J connectivity index is 2.11. The molecular formula is C11H11N3O3. The summed E-state index contributed by atoms with van der Waals surface area (Å²) in [4.78, 5) is 20.9. The molecule has 2 heterocycles. The number of aromatic nitrogens is 2. The summed E-state index contributed by atoms with van der Waals surface area (Å²) in [7, 11) is 1.60. The first-order chi connectivity index (χ1) is 8.28. The SMILES string of the molecule is COCc1ccc(C=Nc2ccnc(=O)[nH]2)o1. The van der Waals surface area contributed by atoms with Gasteiger partial charge in [0.25, 0.3) is 0 Å². The first-order valence-corrected chi connectivity index (χ1v) is 4.95. The van der Waals surface area contributed by atoms with E-state index in [9.17, 15) is 4.79 Å². The third-order valence-corrected chi connectivity index (χ3v) is 1.96. The van der Waals surface area contributed by atoms with Crippen LogP contribution in [0.25, 0.3) is 0 Å². The van der Waals surface area contributed by atoms with E-state index in [1.807, 2.05) is 0 Å². The average molecular weight is 233 g/mol. The Morgan fingerprint density at radius 2 is 2.41 bits per heavy atom. The maximum absolute atomic E-state index is 10.9. The fraction of sp³-hybridized carbons (Fsp3) is 0.182. The number of rotatable bonds is 4. The normalized spacial score (nSPS) is 11.1. The quantitative estimate of drug-likeness (QED) is 0.806. The van der Waals surface area contributed by atoms with Gasteiger partial charge >= 0.3 is 5.69 Å². The van der Waals surface area contributed by atoms with Crippen molar-refractivity contribution in [2.45, 2.75) is 6.61 Å². The number of methoxy groups -OCH3 is 1. The predicted octanol–water partition coefficient (Wildman–Crippen LogP) is 1.26. The van der Waals surface area contributed by atoms with E-state index in [4.69, 9.17) is 9.15 Å². The molecule has 2 rings (SSSR count). The lowest BCUT2D eigenvalue weighted by molar-refractivity contribution is 0.164. The molecule has 0 aliphatic rings. The van der Waals surface area contributed by atoms with Crippen molar-refractivity contribution < 1.29 is 9.15 Å². The zero-order chi connectivity index (χ0) is 12.1. The van der Waals surface area contributed by atoms with Crippen molar-refractivity contribution in [2.24, 2.45) is 4.99 Å². The van der Waals surface area contributed by atoms with Crippen molar-refractivity contribution in [1.82, 2.24) is 9.97 Å². The van der Waals surface area contributed by atoms with E-state index in [0.29, 0.717) is 18.2 Å². The van der Waals surface area contributed by atoms with Crippen molar-refractivity contribution in [1.29, 1.82) is 0 Å². The van der Waals surface area contributed by atoms with Gasteiger partial charge in [0, 0.05) is 13.3 Å². The molecule has 0 aliphatic carbocycles. The highest BCUT2D eigenvalue weighted by Gasteiger charge is 1.98. The molecule has 0 aliphatic heterocycles. The maximum atomic E-state index is 10.9. The van der Waals surface area contributed by atoms with Gasteiger partial charge < -0.3 is 9.15 Å². The summed E-state index contributed by atoms with van der Waals surface area (Å²) in [6.07, 6.45) is 2.91. The molecule has 1 N–H and O–H groups in total. The van der Waals surface area contributed by atoms with Crippen LogP contribution in [0.4, 0.5) is 5.82 Å². The third-order valence-electron chi connectivity index (χ3n) is 1.96. The van der Waals surface area contributed by atoms with Crippen molar-refractivity contribution in [3.8, 4) is 0 Å². The first-order valence-electron chi connectivity index (χ1n) is 4.95. The van der Waals surface area contributed by atoms with E-state index in [1.165, 1.54) is 12.4 Å². The van der Waals surface area contributed by atoms with Crippen LogP contribution in [-0.2, 0) is 11.3 Å².